The maximum absolute atomic E-state index is 12.3. The summed E-state index contributed by atoms with van der Waals surface area (Å²) in [6, 6.07) is 0.612. The molecule has 0 aliphatic carbocycles. The van der Waals surface area contributed by atoms with E-state index in [-0.39, 0.29) is 6.07 Å². The van der Waals surface area contributed by atoms with Crippen molar-refractivity contribution in [3.8, 4) is 6.07 Å². The molecule has 0 saturated heterocycles. The van der Waals surface area contributed by atoms with E-state index in [9.17, 15) is 31.1 Å². The maximum atomic E-state index is 12.3. The van der Waals surface area contributed by atoms with Gasteiger partial charge in [-0.3, -0.25) is 4.79 Å². The number of aromatic amines is 1. The van der Waals surface area contributed by atoms with Gasteiger partial charge in [0.25, 0.3) is 5.56 Å². The molecular formula is C8H2F6N2O. The van der Waals surface area contributed by atoms with Crippen LogP contribution in [0.4, 0.5) is 26.3 Å². The molecule has 9 heteroatoms. The molecule has 1 aromatic heterocycles. The van der Waals surface area contributed by atoms with Gasteiger partial charge in [0.05, 0.1) is 5.56 Å². The topological polar surface area (TPSA) is 56.6 Å². The Hall–Kier alpha value is -1.98. The predicted molar refractivity (Wildman–Crippen MR) is 41.8 cm³/mol. The van der Waals surface area contributed by atoms with E-state index in [0.29, 0.717) is 0 Å². The minimum atomic E-state index is -5.21. The molecule has 0 aliphatic heterocycles. The Bertz CT molecular complexity index is 533. The number of nitrogens with zero attached hydrogens (tertiary/aromatic N) is 1. The van der Waals surface area contributed by atoms with Crippen molar-refractivity contribution in [2.24, 2.45) is 0 Å². The molecule has 1 heterocycles. The van der Waals surface area contributed by atoms with Gasteiger partial charge >= 0.3 is 12.4 Å². The first-order valence-electron chi connectivity index (χ1n) is 3.89. The molecule has 1 rings (SSSR count). The van der Waals surface area contributed by atoms with Gasteiger partial charge in [-0.25, -0.2) is 0 Å². The molecule has 3 nitrogen and oxygen atoms in total. The van der Waals surface area contributed by atoms with Crippen LogP contribution in [0.25, 0.3) is 0 Å². The summed E-state index contributed by atoms with van der Waals surface area (Å²) in [5.41, 5.74) is -6.88. The fourth-order valence-electron chi connectivity index (χ4n) is 1.05. The molecule has 0 bridgehead atoms. The second kappa shape index (κ2) is 3.80. The summed E-state index contributed by atoms with van der Waals surface area (Å²) in [6.45, 7) is 0. The van der Waals surface area contributed by atoms with Gasteiger partial charge in [-0.2, -0.15) is 31.6 Å². The second-order valence-corrected chi connectivity index (χ2v) is 2.91. The summed E-state index contributed by atoms with van der Waals surface area (Å²) < 4.78 is 73.4. The van der Waals surface area contributed by atoms with E-state index in [1.165, 1.54) is 4.98 Å². The Morgan fingerprint density at radius 2 is 1.65 bits per heavy atom. The van der Waals surface area contributed by atoms with E-state index in [4.69, 9.17) is 5.26 Å². The van der Waals surface area contributed by atoms with Crippen molar-refractivity contribution in [2.45, 2.75) is 12.4 Å². The molecule has 0 unspecified atom stereocenters. The number of halogens is 6. The highest BCUT2D eigenvalue weighted by Gasteiger charge is 2.40. The average Bonchev–Trinajstić information content (AvgIpc) is 2.13. The average molecular weight is 256 g/mol. The summed E-state index contributed by atoms with van der Waals surface area (Å²) in [5, 5.41) is 8.31. The van der Waals surface area contributed by atoms with E-state index in [1.807, 2.05) is 0 Å². The van der Waals surface area contributed by atoms with Gasteiger partial charge in [-0.1, -0.05) is 0 Å². The lowest BCUT2D eigenvalue weighted by Gasteiger charge is -2.11. The molecule has 1 N–H and O–H groups in total. The van der Waals surface area contributed by atoms with Gasteiger partial charge in [0.1, 0.15) is 17.3 Å². The minimum absolute atomic E-state index is 0.306. The number of aromatic nitrogens is 1. The first-order valence-corrected chi connectivity index (χ1v) is 3.89. The van der Waals surface area contributed by atoms with Crippen LogP contribution in [0.5, 0.6) is 0 Å². The molecule has 92 valence electrons. The Kier molecular flexibility index (Phi) is 2.92. The van der Waals surface area contributed by atoms with Crippen molar-refractivity contribution in [2.75, 3.05) is 0 Å². The maximum Gasteiger partial charge on any atom is 0.431 e. The number of H-pyrrole nitrogens is 1. The molecule has 0 saturated carbocycles. The van der Waals surface area contributed by atoms with Crippen molar-refractivity contribution in [3.63, 3.8) is 0 Å². The molecule has 0 atom stereocenters. The summed E-state index contributed by atoms with van der Waals surface area (Å²) >= 11 is 0. The quantitative estimate of drug-likeness (QED) is 0.724. The molecule has 0 aliphatic rings. The van der Waals surface area contributed by atoms with E-state index in [0.717, 1.165) is 6.07 Å². The zero-order valence-corrected chi connectivity index (χ0v) is 7.70. The number of rotatable bonds is 0. The van der Waals surface area contributed by atoms with Crippen LogP contribution in [0.2, 0.25) is 0 Å². The van der Waals surface area contributed by atoms with Crippen LogP contribution in [0.3, 0.4) is 0 Å². The fraction of sp³-hybridized carbons (Fsp3) is 0.250. The van der Waals surface area contributed by atoms with Crippen molar-refractivity contribution < 1.29 is 26.3 Å². The minimum Gasteiger partial charge on any atom is -0.317 e. The van der Waals surface area contributed by atoms with Crippen molar-refractivity contribution in [1.29, 1.82) is 5.26 Å². The predicted octanol–water partition coefficient (Wildman–Crippen LogP) is 2.28. The summed E-state index contributed by atoms with van der Waals surface area (Å²) in [7, 11) is 0. The van der Waals surface area contributed by atoms with E-state index in [2.05, 4.69) is 0 Å². The van der Waals surface area contributed by atoms with Crippen LogP contribution in [0, 0.1) is 11.3 Å². The molecule has 0 radical (unpaired) electrons. The van der Waals surface area contributed by atoms with Crippen LogP contribution in [-0.2, 0) is 12.4 Å². The van der Waals surface area contributed by atoms with Gasteiger partial charge < -0.3 is 4.98 Å². The normalized spacial score (nSPS) is 12.3. The zero-order valence-electron chi connectivity index (χ0n) is 7.70. The fourth-order valence-corrected chi connectivity index (χ4v) is 1.05. The highest BCUT2D eigenvalue weighted by Crippen LogP contribution is 2.34. The third-order valence-electron chi connectivity index (χ3n) is 1.76. The molecule has 0 spiro atoms. The Labute approximate surface area is 89.3 Å². The lowest BCUT2D eigenvalue weighted by atomic mass is 10.1. The lowest BCUT2D eigenvalue weighted by molar-refractivity contribution is -0.145. The van der Waals surface area contributed by atoms with Gasteiger partial charge in [0, 0.05) is 0 Å². The Balaban J connectivity index is 3.64. The van der Waals surface area contributed by atoms with Crippen LogP contribution in [0.15, 0.2) is 10.9 Å². The smallest absolute Gasteiger partial charge is 0.317 e. The molecule has 1 aromatic rings. The number of nitriles is 1. The zero-order chi connectivity index (χ0) is 13.4. The third-order valence-corrected chi connectivity index (χ3v) is 1.76. The third kappa shape index (κ3) is 2.58. The Morgan fingerprint density at radius 3 is 2.00 bits per heavy atom. The standard InChI is InChI=1S/C8H2F6N2O/c9-7(10,11)4-1-5(8(12,13)14)16-6(17)3(4)2-15/h1H,(H,16,17). The number of nitrogens with one attached hydrogen (secondary N) is 1. The second-order valence-electron chi connectivity index (χ2n) is 2.91. The first-order chi connectivity index (χ1) is 7.57. The SMILES string of the molecule is N#Cc1c(C(F)(F)F)cc(C(F)(F)F)[nH]c1=O. The molecule has 0 aromatic carbocycles. The monoisotopic (exact) mass is 256 g/mol. The number of hydrogen-bond donors (Lipinski definition) is 1. The van der Waals surface area contributed by atoms with Crippen LogP contribution < -0.4 is 5.56 Å². The van der Waals surface area contributed by atoms with Crippen molar-refractivity contribution in [3.05, 3.63) is 33.2 Å². The molecule has 17 heavy (non-hydrogen) atoms. The van der Waals surface area contributed by atoms with Gasteiger partial charge in [0.2, 0.25) is 0 Å². The highest BCUT2D eigenvalue weighted by molar-refractivity contribution is 5.39. The lowest BCUT2D eigenvalue weighted by Crippen LogP contribution is -2.24. The number of pyridine rings is 1. The van der Waals surface area contributed by atoms with Crippen LogP contribution >= 0.6 is 0 Å². The molecule has 0 fully saturated rings. The van der Waals surface area contributed by atoms with Gasteiger partial charge in [-0.05, 0) is 6.07 Å². The molecular weight excluding hydrogens is 254 g/mol. The van der Waals surface area contributed by atoms with E-state index < -0.39 is 34.7 Å². The number of alkyl halides is 6. The van der Waals surface area contributed by atoms with Gasteiger partial charge in [-0.15, -0.1) is 0 Å². The van der Waals surface area contributed by atoms with E-state index >= 15 is 0 Å². The number of hydrogen-bond acceptors (Lipinski definition) is 2. The molecule has 0 amide bonds. The van der Waals surface area contributed by atoms with Crippen LogP contribution in [-0.4, -0.2) is 4.98 Å². The van der Waals surface area contributed by atoms with Crippen molar-refractivity contribution >= 4 is 0 Å². The highest BCUT2D eigenvalue weighted by atomic mass is 19.4. The first kappa shape index (κ1) is 13.1. The summed E-state index contributed by atoms with van der Waals surface area (Å²) in [4.78, 5) is 12.1. The van der Waals surface area contributed by atoms with E-state index in [1.54, 1.807) is 0 Å². The summed E-state index contributed by atoms with van der Waals surface area (Å²) in [6.07, 6.45) is -10.3. The summed E-state index contributed by atoms with van der Waals surface area (Å²) in [5.74, 6) is 0. The van der Waals surface area contributed by atoms with Crippen molar-refractivity contribution in [1.82, 2.24) is 4.98 Å². The van der Waals surface area contributed by atoms with Crippen LogP contribution in [0.1, 0.15) is 16.8 Å². The van der Waals surface area contributed by atoms with Gasteiger partial charge in [0.15, 0.2) is 0 Å². The largest absolute Gasteiger partial charge is 0.431 e. The Morgan fingerprint density at radius 1 is 1.12 bits per heavy atom.